The molecule has 0 spiro atoms. The molecule has 142 valence electrons. The molecule has 3 rings (SSSR count). The highest BCUT2D eigenvalue weighted by Crippen LogP contribution is 2.52. The summed E-state index contributed by atoms with van der Waals surface area (Å²) in [4.78, 5) is 16.4. The van der Waals surface area contributed by atoms with Gasteiger partial charge in [0, 0.05) is 18.1 Å². The minimum absolute atomic E-state index is 0.00577. The first-order chi connectivity index (χ1) is 12.0. The van der Waals surface area contributed by atoms with E-state index in [0.29, 0.717) is 12.8 Å². The third-order valence-corrected chi connectivity index (χ3v) is 5.45. The lowest BCUT2D eigenvalue weighted by Gasteiger charge is -2.42. The molecule has 1 amide bonds. The Labute approximate surface area is 149 Å². The Hall–Kier alpha value is -1.96. The number of halogens is 3. The average Bonchev–Trinajstić information content (AvgIpc) is 2.88. The third kappa shape index (κ3) is 2.90. The van der Waals surface area contributed by atoms with E-state index in [0.717, 1.165) is 0 Å². The van der Waals surface area contributed by atoms with E-state index in [9.17, 15) is 23.1 Å². The first-order valence-electron chi connectivity index (χ1n) is 8.57. The van der Waals surface area contributed by atoms with E-state index in [1.54, 1.807) is 0 Å². The van der Waals surface area contributed by atoms with Crippen molar-refractivity contribution in [3.05, 3.63) is 30.1 Å². The van der Waals surface area contributed by atoms with Crippen molar-refractivity contribution in [2.45, 2.75) is 51.9 Å². The maximum atomic E-state index is 13.9. The van der Waals surface area contributed by atoms with Crippen molar-refractivity contribution < 1.29 is 23.1 Å². The van der Waals surface area contributed by atoms with Crippen molar-refractivity contribution in [1.29, 1.82) is 0 Å². The number of aliphatic hydroxyl groups is 1. The molecule has 1 saturated carbocycles. The van der Waals surface area contributed by atoms with Gasteiger partial charge >= 0.3 is 6.18 Å². The van der Waals surface area contributed by atoms with Gasteiger partial charge in [-0.3, -0.25) is 9.78 Å². The zero-order valence-corrected chi connectivity index (χ0v) is 14.9. The van der Waals surface area contributed by atoms with Gasteiger partial charge in [0.05, 0.1) is 11.5 Å². The van der Waals surface area contributed by atoms with Crippen molar-refractivity contribution in [3.63, 3.8) is 0 Å². The van der Waals surface area contributed by atoms with Gasteiger partial charge in [-0.25, -0.2) is 0 Å². The molecule has 1 aromatic heterocycles. The van der Waals surface area contributed by atoms with Gasteiger partial charge < -0.3 is 5.11 Å². The predicted octanol–water partition coefficient (Wildman–Crippen LogP) is 3.61. The fraction of sp³-hybridized carbons (Fsp3) is 0.611. The van der Waals surface area contributed by atoms with Gasteiger partial charge in [0.15, 0.2) is 0 Å². The monoisotopic (exact) mass is 369 g/mol. The summed E-state index contributed by atoms with van der Waals surface area (Å²) in [5, 5.41) is 14.9. The average molecular weight is 369 g/mol. The van der Waals surface area contributed by atoms with Crippen molar-refractivity contribution in [1.82, 2.24) is 9.99 Å². The van der Waals surface area contributed by atoms with Gasteiger partial charge in [-0.2, -0.15) is 23.3 Å². The van der Waals surface area contributed by atoms with E-state index < -0.39 is 23.7 Å². The summed E-state index contributed by atoms with van der Waals surface area (Å²) in [6, 6.07) is 2.80. The van der Waals surface area contributed by atoms with E-state index in [1.165, 1.54) is 24.5 Å². The van der Waals surface area contributed by atoms with Crippen LogP contribution in [-0.4, -0.2) is 38.6 Å². The van der Waals surface area contributed by atoms with Gasteiger partial charge in [0.2, 0.25) is 0 Å². The number of carbonyl (C=O) groups excluding carboxylic acids is 1. The van der Waals surface area contributed by atoms with Crippen LogP contribution in [0.2, 0.25) is 0 Å². The lowest BCUT2D eigenvalue weighted by Crippen LogP contribution is -2.62. The molecule has 0 unspecified atom stereocenters. The second-order valence-corrected chi connectivity index (χ2v) is 8.06. The number of hydrogen-bond donors (Lipinski definition) is 1. The first kappa shape index (κ1) is 18.8. The molecular weight excluding hydrogens is 347 g/mol. The van der Waals surface area contributed by atoms with E-state index in [-0.39, 0.29) is 34.0 Å². The minimum atomic E-state index is -5.03. The highest BCUT2D eigenvalue weighted by atomic mass is 19.4. The summed E-state index contributed by atoms with van der Waals surface area (Å²) in [6.07, 6.45) is -1.30. The smallest absolute Gasteiger partial charge is 0.362 e. The summed E-state index contributed by atoms with van der Waals surface area (Å²) in [6.45, 7) is 5.92. The van der Waals surface area contributed by atoms with Gasteiger partial charge in [-0.15, -0.1) is 0 Å². The number of amides is 1. The van der Waals surface area contributed by atoms with E-state index in [4.69, 9.17) is 0 Å². The fourth-order valence-corrected chi connectivity index (χ4v) is 3.82. The molecule has 26 heavy (non-hydrogen) atoms. The van der Waals surface area contributed by atoms with Crippen LogP contribution in [0.4, 0.5) is 13.2 Å². The number of hydrazone groups is 1. The molecule has 2 heterocycles. The lowest BCUT2D eigenvalue weighted by atomic mass is 9.66. The van der Waals surface area contributed by atoms with Gasteiger partial charge in [-0.05, 0) is 42.7 Å². The lowest BCUT2D eigenvalue weighted by molar-refractivity contribution is -0.314. The number of rotatable bonds is 1. The maximum Gasteiger partial charge on any atom is 0.439 e. The molecule has 1 aliphatic heterocycles. The Balaban J connectivity index is 2.01. The van der Waals surface area contributed by atoms with E-state index in [1.807, 2.05) is 20.8 Å². The molecule has 0 saturated heterocycles. The van der Waals surface area contributed by atoms with Gasteiger partial charge in [-0.1, -0.05) is 20.8 Å². The number of alkyl halides is 3. The quantitative estimate of drug-likeness (QED) is 0.822. The highest BCUT2D eigenvalue weighted by Gasteiger charge is 2.69. The number of aromatic nitrogens is 1. The topological polar surface area (TPSA) is 65.8 Å². The Kier molecular flexibility index (Phi) is 4.37. The van der Waals surface area contributed by atoms with Crippen molar-refractivity contribution in [2.75, 3.05) is 0 Å². The minimum Gasteiger partial charge on any atom is -0.362 e. The van der Waals surface area contributed by atoms with E-state index >= 15 is 0 Å². The van der Waals surface area contributed by atoms with Crippen LogP contribution in [0.5, 0.6) is 0 Å². The highest BCUT2D eigenvalue weighted by molar-refractivity contribution is 5.99. The van der Waals surface area contributed by atoms with Crippen molar-refractivity contribution in [3.8, 4) is 0 Å². The molecule has 1 fully saturated rings. The Morgan fingerprint density at radius 2 is 2.04 bits per heavy atom. The molecule has 0 radical (unpaired) electrons. The Morgan fingerprint density at radius 3 is 2.58 bits per heavy atom. The van der Waals surface area contributed by atoms with Crippen LogP contribution in [0, 0.1) is 17.3 Å². The van der Waals surface area contributed by atoms with Crippen LogP contribution in [0.1, 0.15) is 50.4 Å². The predicted molar refractivity (Wildman–Crippen MR) is 89.1 cm³/mol. The molecular formula is C18H22F3N3O2. The Morgan fingerprint density at radius 1 is 1.35 bits per heavy atom. The summed E-state index contributed by atoms with van der Waals surface area (Å²) < 4.78 is 41.8. The number of nitrogens with zero attached hydrogens (tertiary/aromatic N) is 3. The van der Waals surface area contributed by atoms with Crippen LogP contribution >= 0.6 is 0 Å². The van der Waals surface area contributed by atoms with Gasteiger partial charge in [0.25, 0.3) is 11.6 Å². The molecule has 1 aliphatic carbocycles. The fourth-order valence-electron chi connectivity index (χ4n) is 3.82. The summed E-state index contributed by atoms with van der Waals surface area (Å²) >= 11 is 0. The molecule has 1 aromatic rings. The second kappa shape index (κ2) is 6.04. The summed E-state index contributed by atoms with van der Waals surface area (Å²) in [7, 11) is 0. The molecule has 0 bridgehead atoms. The maximum absolute atomic E-state index is 13.9. The number of hydrogen-bond acceptors (Lipinski definition) is 4. The zero-order valence-electron chi connectivity index (χ0n) is 14.9. The van der Waals surface area contributed by atoms with Crippen LogP contribution in [-0.2, 0) is 0 Å². The van der Waals surface area contributed by atoms with Crippen LogP contribution in [0.25, 0.3) is 0 Å². The van der Waals surface area contributed by atoms with E-state index in [2.05, 4.69) is 10.1 Å². The number of pyridine rings is 1. The normalized spacial score (nSPS) is 29.3. The molecule has 2 aliphatic rings. The zero-order chi connectivity index (χ0) is 19.3. The molecule has 3 atom stereocenters. The van der Waals surface area contributed by atoms with Crippen LogP contribution in [0.15, 0.2) is 29.6 Å². The molecule has 1 N–H and O–H groups in total. The second-order valence-electron chi connectivity index (χ2n) is 8.06. The number of carbonyl (C=O) groups is 1. The largest absolute Gasteiger partial charge is 0.439 e. The molecule has 0 aromatic carbocycles. The number of fused-ring (bicyclic) bond motifs is 1. The van der Waals surface area contributed by atoms with Crippen LogP contribution in [0.3, 0.4) is 0 Å². The SMILES string of the molecule is CC(C)(C)[C@@H]1CCC2=NN(C(=O)c3cccnc3)[C@@](O)(C(F)(F)F)[C@H]2C1. The van der Waals surface area contributed by atoms with Crippen LogP contribution < -0.4 is 0 Å². The van der Waals surface area contributed by atoms with Gasteiger partial charge in [0.1, 0.15) is 0 Å². The third-order valence-electron chi connectivity index (χ3n) is 5.45. The summed E-state index contributed by atoms with van der Waals surface area (Å²) in [5.41, 5.74) is -3.34. The first-order valence-corrected chi connectivity index (χ1v) is 8.57. The summed E-state index contributed by atoms with van der Waals surface area (Å²) in [5.74, 6) is -2.26. The molecule has 5 nitrogen and oxygen atoms in total. The van der Waals surface area contributed by atoms with Crippen molar-refractivity contribution in [2.24, 2.45) is 22.4 Å². The Bertz CT molecular complexity index is 727. The molecule has 8 heteroatoms. The van der Waals surface area contributed by atoms with Crippen molar-refractivity contribution >= 4 is 11.6 Å². The standard InChI is InChI=1S/C18H22F3N3O2/c1-16(2,3)12-6-7-14-13(9-12)17(26,18(19,20)21)24(23-14)15(25)11-5-4-8-22-10-11/h4-5,8,10,12-13,26H,6-7,9H2,1-3H3/t12-,13+,17+/m1/s1.